The third-order valence-electron chi connectivity index (χ3n) is 3.68. The highest BCUT2D eigenvalue weighted by Crippen LogP contribution is 2.31. The zero-order valence-corrected chi connectivity index (χ0v) is 11.6. The molecular weight excluding hydrogens is 232 g/mol. The fourth-order valence-corrected chi connectivity index (χ4v) is 3.78. The fraction of sp³-hybridized carbons (Fsp3) is 0.692. The van der Waals surface area contributed by atoms with Crippen LogP contribution in [0, 0.1) is 6.92 Å². The van der Waals surface area contributed by atoms with Crippen LogP contribution in [-0.4, -0.2) is 35.5 Å². The lowest BCUT2D eigenvalue weighted by Gasteiger charge is -2.43. The number of furan rings is 1. The van der Waals surface area contributed by atoms with Crippen molar-refractivity contribution in [2.75, 3.05) is 25.1 Å². The van der Waals surface area contributed by atoms with Crippen LogP contribution in [0.2, 0.25) is 0 Å². The van der Waals surface area contributed by atoms with Crippen molar-refractivity contribution in [1.29, 1.82) is 0 Å². The van der Waals surface area contributed by atoms with Gasteiger partial charge in [0, 0.05) is 17.8 Å². The lowest BCUT2D eigenvalue weighted by atomic mass is 9.93. The summed E-state index contributed by atoms with van der Waals surface area (Å²) in [4.78, 5) is 2.37. The fourth-order valence-electron chi connectivity index (χ4n) is 2.43. The Balaban J connectivity index is 2.04. The van der Waals surface area contributed by atoms with Gasteiger partial charge in [-0.05, 0) is 44.7 Å². The number of nitrogens with two attached hydrogens (primary N) is 1. The normalized spacial score (nSPS) is 25.4. The summed E-state index contributed by atoms with van der Waals surface area (Å²) >= 11 is 2.02. The van der Waals surface area contributed by atoms with E-state index in [2.05, 4.69) is 18.0 Å². The van der Waals surface area contributed by atoms with Crippen molar-refractivity contribution in [3.8, 4) is 0 Å². The minimum Gasteiger partial charge on any atom is -0.465 e. The summed E-state index contributed by atoms with van der Waals surface area (Å²) in [6.45, 7) is 3.57. The summed E-state index contributed by atoms with van der Waals surface area (Å²) in [5, 5.41) is 0. The first-order chi connectivity index (χ1) is 8.16. The van der Waals surface area contributed by atoms with E-state index in [1.807, 2.05) is 24.8 Å². The summed E-state index contributed by atoms with van der Waals surface area (Å²) in [6, 6.07) is 4.08. The molecule has 0 spiro atoms. The highest BCUT2D eigenvalue weighted by molar-refractivity contribution is 7.99. The maximum Gasteiger partial charge on any atom is 0.118 e. The largest absolute Gasteiger partial charge is 0.465 e. The molecule has 96 valence electrons. The van der Waals surface area contributed by atoms with Gasteiger partial charge in [0.2, 0.25) is 0 Å². The topological polar surface area (TPSA) is 42.4 Å². The number of nitrogens with zero attached hydrogens (tertiary/aromatic N) is 1. The van der Waals surface area contributed by atoms with Crippen molar-refractivity contribution in [1.82, 2.24) is 4.90 Å². The first-order valence-electron chi connectivity index (χ1n) is 6.21. The molecule has 1 aliphatic heterocycles. The van der Waals surface area contributed by atoms with E-state index in [4.69, 9.17) is 10.2 Å². The van der Waals surface area contributed by atoms with E-state index in [1.54, 1.807) is 0 Å². The van der Waals surface area contributed by atoms with Crippen LogP contribution in [-0.2, 0) is 6.54 Å². The second-order valence-corrected chi connectivity index (χ2v) is 6.06. The van der Waals surface area contributed by atoms with Gasteiger partial charge in [0.1, 0.15) is 11.5 Å². The van der Waals surface area contributed by atoms with E-state index in [0.717, 1.165) is 30.4 Å². The van der Waals surface area contributed by atoms with E-state index in [-0.39, 0.29) is 5.54 Å². The standard InChI is InChI=1S/C13H22N2OS/c1-11-4-5-12(16-11)8-15(2)13(9-14)6-3-7-17-10-13/h4-5H,3,6-10,14H2,1-2H3. The van der Waals surface area contributed by atoms with Gasteiger partial charge in [-0.1, -0.05) is 0 Å². The minimum absolute atomic E-state index is 0.156. The molecule has 0 radical (unpaired) electrons. The Morgan fingerprint density at radius 1 is 1.53 bits per heavy atom. The van der Waals surface area contributed by atoms with Crippen molar-refractivity contribution >= 4 is 11.8 Å². The molecule has 1 fully saturated rings. The molecule has 0 aromatic carbocycles. The van der Waals surface area contributed by atoms with Crippen molar-refractivity contribution in [2.24, 2.45) is 5.73 Å². The van der Waals surface area contributed by atoms with E-state index in [0.29, 0.717) is 0 Å². The Labute approximate surface area is 108 Å². The molecule has 3 nitrogen and oxygen atoms in total. The Hall–Kier alpha value is -0.450. The van der Waals surface area contributed by atoms with Gasteiger partial charge >= 0.3 is 0 Å². The minimum atomic E-state index is 0.156. The van der Waals surface area contributed by atoms with Crippen LogP contribution in [0.5, 0.6) is 0 Å². The average molecular weight is 254 g/mol. The SMILES string of the molecule is Cc1ccc(CN(C)C2(CN)CCCSC2)o1. The summed E-state index contributed by atoms with van der Waals surface area (Å²) in [5.74, 6) is 4.43. The second-order valence-electron chi connectivity index (χ2n) is 4.95. The van der Waals surface area contributed by atoms with Crippen LogP contribution in [0.25, 0.3) is 0 Å². The Bertz CT molecular complexity index is 358. The first-order valence-corrected chi connectivity index (χ1v) is 7.36. The summed E-state index contributed by atoms with van der Waals surface area (Å²) in [6.07, 6.45) is 2.47. The van der Waals surface area contributed by atoms with Gasteiger partial charge in [-0.15, -0.1) is 0 Å². The number of rotatable bonds is 4. The van der Waals surface area contributed by atoms with Crippen molar-refractivity contribution in [3.63, 3.8) is 0 Å². The van der Waals surface area contributed by atoms with Crippen molar-refractivity contribution in [2.45, 2.75) is 31.8 Å². The molecule has 1 aliphatic rings. The molecule has 17 heavy (non-hydrogen) atoms. The van der Waals surface area contributed by atoms with Crippen LogP contribution in [0.4, 0.5) is 0 Å². The highest BCUT2D eigenvalue weighted by atomic mass is 32.2. The van der Waals surface area contributed by atoms with Crippen LogP contribution in [0.1, 0.15) is 24.4 Å². The van der Waals surface area contributed by atoms with E-state index in [1.165, 1.54) is 18.6 Å². The number of aryl methyl sites for hydroxylation is 1. The molecule has 2 heterocycles. The van der Waals surface area contributed by atoms with Crippen LogP contribution in [0.3, 0.4) is 0 Å². The Morgan fingerprint density at radius 2 is 2.35 bits per heavy atom. The highest BCUT2D eigenvalue weighted by Gasteiger charge is 2.35. The Morgan fingerprint density at radius 3 is 2.88 bits per heavy atom. The van der Waals surface area contributed by atoms with Crippen LogP contribution < -0.4 is 5.73 Å². The first kappa shape index (κ1) is 13.0. The van der Waals surface area contributed by atoms with Gasteiger partial charge in [-0.3, -0.25) is 4.90 Å². The molecule has 0 aliphatic carbocycles. The summed E-state index contributed by atoms with van der Waals surface area (Å²) in [7, 11) is 2.16. The van der Waals surface area contributed by atoms with Gasteiger partial charge in [-0.2, -0.15) is 11.8 Å². The average Bonchev–Trinajstić information content (AvgIpc) is 2.75. The molecule has 2 rings (SSSR count). The Kier molecular flexibility index (Phi) is 4.17. The zero-order valence-electron chi connectivity index (χ0n) is 10.7. The van der Waals surface area contributed by atoms with E-state index < -0.39 is 0 Å². The smallest absolute Gasteiger partial charge is 0.118 e. The zero-order chi connectivity index (χ0) is 12.3. The maximum absolute atomic E-state index is 6.01. The van der Waals surface area contributed by atoms with Crippen molar-refractivity contribution < 1.29 is 4.42 Å². The van der Waals surface area contributed by atoms with Crippen LogP contribution >= 0.6 is 11.8 Å². The maximum atomic E-state index is 6.01. The lowest BCUT2D eigenvalue weighted by Crippen LogP contribution is -2.55. The molecule has 0 saturated carbocycles. The van der Waals surface area contributed by atoms with Gasteiger partial charge in [-0.25, -0.2) is 0 Å². The quantitative estimate of drug-likeness (QED) is 0.895. The number of likely N-dealkylation sites (N-methyl/N-ethyl adjacent to an activating group) is 1. The predicted molar refractivity (Wildman–Crippen MR) is 73.3 cm³/mol. The molecule has 2 N–H and O–H groups in total. The van der Waals surface area contributed by atoms with E-state index >= 15 is 0 Å². The molecule has 1 aromatic heterocycles. The second kappa shape index (κ2) is 5.46. The van der Waals surface area contributed by atoms with Gasteiger partial charge < -0.3 is 10.2 Å². The van der Waals surface area contributed by atoms with E-state index in [9.17, 15) is 0 Å². The summed E-state index contributed by atoms with van der Waals surface area (Å²) in [5.41, 5.74) is 6.17. The molecule has 0 bridgehead atoms. The molecule has 4 heteroatoms. The lowest BCUT2D eigenvalue weighted by molar-refractivity contribution is 0.118. The number of thioether (sulfide) groups is 1. The molecule has 0 amide bonds. The van der Waals surface area contributed by atoms with Crippen molar-refractivity contribution in [3.05, 3.63) is 23.7 Å². The molecule has 1 aromatic rings. The molecular formula is C13H22N2OS. The molecule has 1 atom stereocenters. The monoisotopic (exact) mass is 254 g/mol. The number of hydrogen-bond donors (Lipinski definition) is 1. The van der Waals surface area contributed by atoms with Gasteiger partial charge in [0.15, 0.2) is 0 Å². The molecule has 1 saturated heterocycles. The third-order valence-corrected chi connectivity index (χ3v) is 5.00. The van der Waals surface area contributed by atoms with Gasteiger partial charge in [0.25, 0.3) is 0 Å². The number of hydrogen-bond acceptors (Lipinski definition) is 4. The third kappa shape index (κ3) is 2.87. The van der Waals surface area contributed by atoms with Crippen LogP contribution in [0.15, 0.2) is 16.5 Å². The summed E-state index contributed by atoms with van der Waals surface area (Å²) < 4.78 is 5.65. The molecule has 1 unspecified atom stereocenters. The predicted octanol–water partition coefficient (Wildman–Crippen LogP) is 2.24. The van der Waals surface area contributed by atoms with Gasteiger partial charge in [0.05, 0.1) is 6.54 Å².